The first-order chi connectivity index (χ1) is 62.0. The number of benzene rings is 7. The zero-order chi connectivity index (χ0) is 85.2. The first kappa shape index (κ1) is 81.2. The molecular formula is C102H97N21O3. The van der Waals surface area contributed by atoms with Crippen molar-refractivity contribution in [2.75, 3.05) is 136 Å². The number of para-hydroxylation sites is 3. The minimum Gasteiger partial charge on any atom is -0.492 e. The molecule has 0 aliphatic carbocycles. The van der Waals surface area contributed by atoms with Crippen molar-refractivity contribution in [1.82, 2.24) is 92.7 Å². The lowest BCUT2D eigenvalue weighted by molar-refractivity contribution is 0.0322. The normalized spacial score (nSPS) is 14.3. The molecule has 0 spiro atoms. The van der Waals surface area contributed by atoms with E-state index in [1.54, 1.807) is 6.20 Å². The third kappa shape index (κ3) is 18.1. The first-order valence-corrected chi connectivity index (χ1v) is 42.9. The first-order valence-electron chi connectivity index (χ1n) is 42.9. The number of piperazine rings is 2. The van der Waals surface area contributed by atoms with Gasteiger partial charge in [-0.2, -0.15) is 0 Å². The molecule has 0 saturated carbocycles. The highest BCUT2D eigenvalue weighted by atomic mass is 16.5. The van der Waals surface area contributed by atoms with E-state index in [1.807, 2.05) is 174 Å². The van der Waals surface area contributed by atoms with Gasteiger partial charge in [-0.1, -0.05) is 103 Å². The molecule has 1 unspecified atom stereocenters. The summed E-state index contributed by atoms with van der Waals surface area (Å²) in [4.78, 5) is 36.4. The second-order valence-corrected chi connectivity index (χ2v) is 32.4. The lowest BCUT2D eigenvalue weighted by Gasteiger charge is -2.34. The van der Waals surface area contributed by atoms with Gasteiger partial charge in [0.15, 0.2) is 34.4 Å². The number of fused-ring (bicyclic) bond motifs is 7. The van der Waals surface area contributed by atoms with Gasteiger partial charge in [-0.05, 0) is 225 Å². The minimum absolute atomic E-state index is 0.130. The Morgan fingerprint density at radius 3 is 1.19 bits per heavy atom. The Hall–Kier alpha value is -14.5. The molecule has 24 nitrogen and oxygen atoms in total. The average Bonchev–Trinajstić information content (AvgIpc) is 1.63. The van der Waals surface area contributed by atoms with Gasteiger partial charge in [0.2, 0.25) is 0 Å². The highest BCUT2D eigenvalue weighted by molar-refractivity contribution is 5.95. The van der Waals surface area contributed by atoms with E-state index >= 15 is 0 Å². The summed E-state index contributed by atoms with van der Waals surface area (Å²) in [5, 5.41) is 30.0. The third-order valence-corrected chi connectivity index (χ3v) is 23.6. The van der Waals surface area contributed by atoms with Crippen LogP contribution in [0.15, 0.2) is 311 Å². The third-order valence-electron chi connectivity index (χ3n) is 23.6. The van der Waals surface area contributed by atoms with Crippen molar-refractivity contribution in [2.24, 2.45) is 0 Å². The van der Waals surface area contributed by atoms with Gasteiger partial charge in [0, 0.05) is 184 Å². The molecule has 7 aromatic carbocycles. The van der Waals surface area contributed by atoms with Crippen LogP contribution in [0.4, 0.5) is 11.4 Å². The van der Waals surface area contributed by atoms with E-state index in [2.05, 4.69) is 268 Å². The van der Waals surface area contributed by atoms with Crippen molar-refractivity contribution in [3.05, 3.63) is 311 Å². The predicted octanol–water partition coefficient (Wildman–Crippen LogP) is 17.4. The van der Waals surface area contributed by atoms with Gasteiger partial charge in [0.1, 0.15) is 29.9 Å². The quantitative estimate of drug-likeness (QED) is 0.0782. The number of anilines is 2. The van der Waals surface area contributed by atoms with E-state index in [4.69, 9.17) is 14.2 Å². The summed E-state index contributed by atoms with van der Waals surface area (Å²) in [6, 6.07) is 85.3. The van der Waals surface area contributed by atoms with E-state index in [1.165, 1.54) is 28.1 Å². The Morgan fingerprint density at radius 1 is 0.365 bits per heavy atom. The van der Waals surface area contributed by atoms with Crippen molar-refractivity contribution >= 4 is 66.7 Å². The number of ether oxygens (including phenoxy) is 3. The molecule has 0 radical (unpaired) electrons. The number of hydrogen-bond acceptors (Lipinski definition) is 20. The number of morpholine rings is 1. The van der Waals surface area contributed by atoms with E-state index < -0.39 is 0 Å². The van der Waals surface area contributed by atoms with Gasteiger partial charge >= 0.3 is 0 Å². The van der Waals surface area contributed by atoms with Crippen LogP contribution in [0.2, 0.25) is 0 Å². The molecule has 0 N–H and O–H groups in total. The summed E-state index contributed by atoms with van der Waals surface area (Å²) in [7, 11) is 8.47. The number of nitrogens with zero attached hydrogens (tertiary/aromatic N) is 21. The highest BCUT2D eigenvalue weighted by Crippen LogP contribution is 2.36. The lowest BCUT2D eigenvalue weighted by Crippen LogP contribution is -2.44. The Balaban J connectivity index is 0.000000110. The van der Waals surface area contributed by atoms with Crippen molar-refractivity contribution in [2.45, 2.75) is 13.0 Å². The van der Waals surface area contributed by atoms with Crippen LogP contribution in [0.3, 0.4) is 0 Å². The highest BCUT2D eigenvalue weighted by Gasteiger charge is 2.22. The summed E-state index contributed by atoms with van der Waals surface area (Å²) in [6.45, 7) is 16.9. The van der Waals surface area contributed by atoms with Crippen LogP contribution in [0.25, 0.3) is 145 Å². The molecule has 126 heavy (non-hydrogen) atoms. The van der Waals surface area contributed by atoms with E-state index in [0.29, 0.717) is 6.61 Å². The Labute approximate surface area is 730 Å². The van der Waals surface area contributed by atoms with Crippen LogP contribution < -0.4 is 19.3 Å². The molecular weight excluding hydrogens is 1570 g/mol. The van der Waals surface area contributed by atoms with E-state index in [-0.39, 0.29) is 6.10 Å². The Morgan fingerprint density at radius 2 is 0.770 bits per heavy atom. The van der Waals surface area contributed by atoms with Gasteiger partial charge in [0.05, 0.1) is 41.7 Å². The molecule has 0 bridgehead atoms. The standard InChI is InChI=1S/C27H25N5O2.C26H24N6.C26H25N5O.C23H23N5/c1-2-4-25-23(3-1)24(9-11-28-25)27-30-29-26-19-21(10-12-32(26)27)20-5-7-22(8-6-20)34-18-15-31-13-16-33-17-14-31;1-30-14-16-31(17-15-30)21-8-6-19(7-9-21)20-11-13-32-25(18-20)28-29-26(32)23-10-12-27-24-5-3-2-4-22(23)24;1-18(17-30(2)3)32-21-10-8-19(9-11-21)20-13-15-31-25(16-20)28-29-26(31)23-12-14-27-24-7-5-4-6-22(23)24;1-26-11-13-27(14-12-26)21-6-4-18(5-7-21)19-8-10-28-22(17-25-23(28)15-19)20-3-2-9-24-16-20/h1-12,19H,13-18H2;2-13,18H,14-17H2,1H3;4-16,18H,17H2,1-3H3;2-10,15-17H,11-14H2,1H3. The molecule has 19 aromatic rings. The monoisotopic (exact) mass is 1660 g/mol. The molecule has 3 aliphatic rings. The van der Waals surface area contributed by atoms with Crippen LogP contribution in [0.5, 0.6) is 11.5 Å². The molecule has 22 rings (SSSR count). The number of pyridine rings is 8. The van der Waals surface area contributed by atoms with Crippen molar-refractivity contribution in [3.8, 4) is 101 Å². The van der Waals surface area contributed by atoms with Crippen LogP contribution in [-0.4, -0.2) is 225 Å². The molecule has 12 aromatic heterocycles. The molecule has 628 valence electrons. The SMILES string of the molecule is CC(CN(C)C)Oc1ccc(-c2ccn3c(-c4ccnc5ccccc45)nnc3c2)cc1.CN1CCN(c2ccc(-c3ccn4c(-c5cccnc5)cnc4c3)cc2)CC1.CN1CCN(c2ccc(-c3ccn4c(-c5ccnc6ccccc56)nnc4c3)cc2)CC1.c1ccc2c(-c3nnc4cc(-c5ccc(OCCN6CCOCC6)cc5)ccn34)ccnc2c1. The molecule has 15 heterocycles. The van der Waals surface area contributed by atoms with Crippen molar-refractivity contribution in [1.29, 1.82) is 0 Å². The number of likely N-dealkylation sites (N-methyl/N-ethyl adjacent to an activating group) is 3. The second kappa shape index (κ2) is 37.3. The van der Waals surface area contributed by atoms with Crippen LogP contribution in [0, 0.1) is 0 Å². The van der Waals surface area contributed by atoms with Gasteiger partial charge in [-0.15, -0.1) is 30.6 Å². The van der Waals surface area contributed by atoms with Crippen molar-refractivity contribution < 1.29 is 14.2 Å². The number of aromatic nitrogens is 15. The van der Waals surface area contributed by atoms with E-state index in [0.717, 1.165) is 232 Å². The van der Waals surface area contributed by atoms with Crippen molar-refractivity contribution in [3.63, 3.8) is 0 Å². The average molecular weight is 1670 g/mol. The van der Waals surface area contributed by atoms with Gasteiger partial charge in [-0.3, -0.25) is 42.4 Å². The van der Waals surface area contributed by atoms with Crippen LogP contribution >= 0.6 is 0 Å². The maximum absolute atomic E-state index is 6.00. The number of rotatable bonds is 18. The second-order valence-electron chi connectivity index (χ2n) is 32.4. The van der Waals surface area contributed by atoms with E-state index in [9.17, 15) is 0 Å². The van der Waals surface area contributed by atoms with Gasteiger partial charge in [-0.25, -0.2) is 4.98 Å². The fourth-order valence-electron chi connectivity index (χ4n) is 16.8. The Bertz CT molecular complexity index is 6920. The summed E-state index contributed by atoms with van der Waals surface area (Å²) in [5.41, 5.74) is 23.1. The lowest BCUT2D eigenvalue weighted by atomic mass is 10.1. The Kier molecular flexibility index (Phi) is 24.0. The van der Waals surface area contributed by atoms with Crippen LogP contribution in [0.1, 0.15) is 6.92 Å². The molecule has 24 heteroatoms. The van der Waals surface area contributed by atoms with Gasteiger partial charge in [0.25, 0.3) is 0 Å². The largest absolute Gasteiger partial charge is 0.492 e. The summed E-state index contributed by atoms with van der Waals surface area (Å²) < 4.78 is 25.5. The molecule has 3 saturated heterocycles. The fourth-order valence-corrected chi connectivity index (χ4v) is 16.8. The molecule has 3 aliphatic heterocycles. The minimum atomic E-state index is 0.130. The summed E-state index contributed by atoms with van der Waals surface area (Å²) in [5.74, 6) is 4.20. The summed E-state index contributed by atoms with van der Waals surface area (Å²) in [6.07, 6.45) is 19.4. The molecule has 0 amide bonds. The fraction of sp³-hybridized carbons (Fsp3) is 0.206. The maximum Gasteiger partial charge on any atom is 0.169 e. The predicted molar refractivity (Wildman–Crippen MR) is 502 cm³/mol. The number of imidazole rings is 1. The molecule has 1 atom stereocenters. The van der Waals surface area contributed by atoms with Gasteiger partial charge < -0.3 is 38.7 Å². The zero-order valence-corrected chi connectivity index (χ0v) is 71.2. The summed E-state index contributed by atoms with van der Waals surface area (Å²) >= 11 is 0. The maximum atomic E-state index is 6.00. The molecule has 3 fully saturated rings. The van der Waals surface area contributed by atoms with Crippen LogP contribution in [-0.2, 0) is 4.74 Å². The zero-order valence-electron chi connectivity index (χ0n) is 71.2. The smallest absolute Gasteiger partial charge is 0.169 e. The topological polar surface area (TPSA) is 207 Å². The number of hydrogen-bond donors (Lipinski definition) is 0.